The summed E-state index contributed by atoms with van der Waals surface area (Å²) in [5.74, 6) is 0.872. The molecule has 0 aliphatic rings. The molecule has 0 spiro atoms. The summed E-state index contributed by atoms with van der Waals surface area (Å²) in [5.41, 5.74) is 2.89. The van der Waals surface area contributed by atoms with E-state index in [-0.39, 0.29) is 0 Å². The van der Waals surface area contributed by atoms with Crippen LogP contribution in [0.2, 0.25) is 0 Å². The molecule has 1 N–H and O–H groups in total. The van der Waals surface area contributed by atoms with Crippen LogP contribution in [0, 0.1) is 11.3 Å². The number of nitrogens with one attached hydrogen (secondary N) is 1. The molecule has 0 fully saturated rings. The molecule has 4 aromatic rings. The van der Waals surface area contributed by atoms with Crippen molar-refractivity contribution >= 4 is 11.0 Å². The van der Waals surface area contributed by atoms with Crippen LogP contribution in [0.3, 0.4) is 0 Å². The Hall–Kier alpha value is -3.46. The summed E-state index contributed by atoms with van der Waals surface area (Å²) in [6, 6.07) is 12.9. The third kappa shape index (κ3) is 1.93. The maximum Gasteiger partial charge on any atom is 0.258 e. The molecule has 0 aliphatic heterocycles. The van der Waals surface area contributed by atoms with E-state index in [1.54, 1.807) is 24.4 Å². The van der Waals surface area contributed by atoms with E-state index in [0.717, 1.165) is 22.2 Å². The molecular weight excluding hydrogens is 278 g/mol. The van der Waals surface area contributed by atoms with Gasteiger partial charge in [-0.05, 0) is 30.3 Å². The molecule has 0 aliphatic carbocycles. The van der Waals surface area contributed by atoms with Crippen molar-refractivity contribution in [3.05, 3.63) is 54.4 Å². The van der Waals surface area contributed by atoms with Gasteiger partial charge in [0.05, 0.1) is 11.6 Å². The molecule has 6 nitrogen and oxygen atoms in total. The van der Waals surface area contributed by atoms with Crippen LogP contribution in [0.4, 0.5) is 0 Å². The van der Waals surface area contributed by atoms with Crippen molar-refractivity contribution in [1.29, 1.82) is 5.26 Å². The molecule has 22 heavy (non-hydrogen) atoms. The molecule has 0 unspecified atom stereocenters. The van der Waals surface area contributed by atoms with E-state index < -0.39 is 0 Å². The average Bonchev–Trinajstić information content (AvgIpc) is 3.23. The van der Waals surface area contributed by atoms with Gasteiger partial charge in [0.2, 0.25) is 5.82 Å². The summed E-state index contributed by atoms with van der Waals surface area (Å²) >= 11 is 0. The first-order chi connectivity index (χ1) is 10.8. The number of nitrogens with zero attached hydrogens (tertiary/aromatic N) is 4. The Kier molecular flexibility index (Phi) is 2.70. The summed E-state index contributed by atoms with van der Waals surface area (Å²) in [4.78, 5) is 11.7. The van der Waals surface area contributed by atoms with E-state index >= 15 is 0 Å². The number of benzene rings is 1. The lowest BCUT2D eigenvalue weighted by molar-refractivity contribution is 0.432. The van der Waals surface area contributed by atoms with E-state index in [2.05, 4.69) is 26.2 Å². The van der Waals surface area contributed by atoms with Gasteiger partial charge >= 0.3 is 0 Å². The van der Waals surface area contributed by atoms with Crippen molar-refractivity contribution in [2.45, 2.75) is 0 Å². The van der Waals surface area contributed by atoms with Crippen molar-refractivity contribution in [2.24, 2.45) is 0 Å². The number of nitriles is 1. The quantitative estimate of drug-likeness (QED) is 0.611. The highest BCUT2D eigenvalue weighted by Crippen LogP contribution is 2.27. The third-order valence-corrected chi connectivity index (χ3v) is 3.37. The van der Waals surface area contributed by atoms with Crippen molar-refractivity contribution < 1.29 is 4.52 Å². The summed E-state index contributed by atoms with van der Waals surface area (Å²) in [6.07, 6.45) is 3.51. The molecule has 0 bridgehead atoms. The first-order valence-electron chi connectivity index (χ1n) is 6.62. The molecule has 0 saturated carbocycles. The Morgan fingerprint density at radius 2 is 2.14 bits per heavy atom. The Balaban J connectivity index is 1.81. The Labute approximate surface area is 125 Å². The van der Waals surface area contributed by atoms with E-state index in [9.17, 15) is 0 Å². The average molecular weight is 287 g/mol. The maximum atomic E-state index is 8.96. The second-order valence-corrected chi connectivity index (χ2v) is 4.71. The van der Waals surface area contributed by atoms with Gasteiger partial charge in [-0.1, -0.05) is 11.2 Å². The highest BCUT2D eigenvalue weighted by atomic mass is 16.5. The van der Waals surface area contributed by atoms with Gasteiger partial charge in [0.15, 0.2) is 0 Å². The minimum Gasteiger partial charge on any atom is -0.346 e. The van der Waals surface area contributed by atoms with Crippen molar-refractivity contribution in [3.63, 3.8) is 0 Å². The topological polar surface area (TPSA) is 91.4 Å². The molecule has 6 heteroatoms. The number of H-pyrrole nitrogens is 1. The minimum atomic E-state index is 0.382. The summed E-state index contributed by atoms with van der Waals surface area (Å²) in [6.45, 7) is 0. The van der Waals surface area contributed by atoms with Gasteiger partial charge in [0, 0.05) is 28.9 Å². The van der Waals surface area contributed by atoms with E-state index in [1.165, 1.54) is 0 Å². The second kappa shape index (κ2) is 4.82. The van der Waals surface area contributed by atoms with E-state index in [1.807, 2.05) is 24.4 Å². The van der Waals surface area contributed by atoms with Crippen LogP contribution >= 0.6 is 0 Å². The van der Waals surface area contributed by atoms with Gasteiger partial charge in [-0.15, -0.1) is 0 Å². The Morgan fingerprint density at radius 3 is 3.05 bits per heavy atom. The number of rotatable bonds is 2. The van der Waals surface area contributed by atoms with Gasteiger partial charge in [-0.2, -0.15) is 10.2 Å². The predicted octanol–water partition coefficient (Wildman–Crippen LogP) is 3.15. The molecule has 0 saturated heterocycles. The number of aromatic amines is 1. The SMILES string of the molecule is N#Cc1cccc(-c2nc(-c3ccnc4[nH]ccc34)no2)c1. The number of fused-ring (bicyclic) bond motifs is 1. The molecule has 4 rings (SSSR count). The highest BCUT2D eigenvalue weighted by molar-refractivity contribution is 5.90. The van der Waals surface area contributed by atoms with Crippen molar-refractivity contribution in [3.8, 4) is 28.9 Å². The molecule has 3 heterocycles. The largest absolute Gasteiger partial charge is 0.346 e. The molecule has 0 radical (unpaired) electrons. The number of pyridine rings is 1. The first-order valence-corrected chi connectivity index (χ1v) is 6.62. The van der Waals surface area contributed by atoms with Crippen molar-refractivity contribution in [2.75, 3.05) is 0 Å². The Morgan fingerprint density at radius 1 is 1.18 bits per heavy atom. The van der Waals surface area contributed by atoms with E-state index in [0.29, 0.717) is 17.3 Å². The monoisotopic (exact) mass is 287 g/mol. The number of hydrogen-bond acceptors (Lipinski definition) is 5. The lowest BCUT2D eigenvalue weighted by atomic mass is 10.1. The number of hydrogen-bond donors (Lipinski definition) is 1. The van der Waals surface area contributed by atoms with Crippen LogP contribution < -0.4 is 0 Å². The zero-order valence-electron chi connectivity index (χ0n) is 11.3. The van der Waals surface area contributed by atoms with Gasteiger partial charge in [0.25, 0.3) is 5.89 Å². The molecule has 0 amide bonds. The fourth-order valence-corrected chi connectivity index (χ4v) is 2.33. The van der Waals surface area contributed by atoms with Gasteiger partial charge in [0.1, 0.15) is 5.65 Å². The van der Waals surface area contributed by atoms with Crippen LogP contribution in [0.25, 0.3) is 33.9 Å². The normalized spacial score (nSPS) is 10.7. The maximum absolute atomic E-state index is 8.96. The zero-order chi connectivity index (χ0) is 14.9. The standard InChI is InChI=1S/C16H9N5O/c17-9-10-2-1-3-11(8-10)16-20-15(21-22-16)13-5-7-19-14-12(13)4-6-18-14/h1-8H,(H,18,19). The summed E-state index contributed by atoms with van der Waals surface area (Å²) < 4.78 is 5.33. The van der Waals surface area contributed by atoms with Crippen LogP contribution in [-0.2, 0) is 0 Å². The Bertz CT molecular complexity index is 1010. The lowest BCUT2D eigenvalue weighted by Gasteiger charge is -1.96. The predicted molar refractivity (Wildman–Crippen MR) is 79.5 cm³/mol. The molecule has 104 valence electrons. The molecule has 1 aromatic carbocycles. The van der Waals surface area contributed by atoms with E-state index in [4.69, 9.17) is 9.78 Å². The van der Waals surface area contributed by atoms with Gasteiger partial charge in [-0.3, -0.25) is 0 Å². The van der Waals surface area contributed by atoms with Crippen LogP contribution in [0.5, 0.6) is 0 Å². The smallest absolute Gasteiger partial charge is 0.258 e. The summed E-state index contributed by atoms with van der Waals surface area (Å²) in [7, 11) is 0. The molecule has 3 aromatic heterocycles. The highest BCUT2D eigenvalue weighted by Gasteiger charge is 2.14. The minimum absolute atomic E-state index is 0.382. The second-order valence-electron chi connectivity index (χ2n) is 4.71. The van der Waals surface area contributed by atoms with Crippen LogP contribution in [0.15, 0.2) is 53.3 Å². The zero-order valence-corrected chi connectivity index (χ0v) is 11.3. The third-order valence-electron chi connectivity index (χ3n) is 3.37. The van der Waals surface area contributed by atoms with Crippen molar-refractivity contribution in [1.82, 2.24) is 20.1 Å². The van der Waals surface area contributed by atoms with Crippen LogP contribution in [0.1, 0.15) is 5.56 Å². The number of aromatic nitrogens is 4. The van der Waals surface area contributed by atoms with Gasteiger partial charge in [-0.25, -0.2) is 4.98 Å². The fourth-order valence-electron chi connectivity index (χ4n) is 2.33. The molecule has 0 atom stereocenters. The fraction of sp³-hybridized carbons (Fsp3) is 0. The summed E-state index contributed by atoms with van der Waals surface area (Å²) in [5, 5.41) is 13.9. The molecular formula is C16H9N5O. The lowest BCUT2D eigenvalue weighted by Crippen LogP contribution is -1.85. The first kappa shape index (κ1) is 12.3. The van der Waals surface area contributed by atoms with Crippen LogP contribution in [-0.4, -0.2) is 20.1 Å². The van der Waals surface area contributed by atoms with Gasteiger partial charge < -0.3 is 9.51 Å².